The average molecular weight is 232 g/mol. The van der Waals surface area contributed by atoms with E-state index < -0.39 is 0 Å². The summed E-state index contributed by atoms with van der Waals surface area (Å²) in [6.45, 7) is 4.62. The highest BCUT2D eigenvalue weighted by Crippen LogP contribution is 2.37. The fourth-order valence-electron chi connectivity index (χ4n) is 2.69. The first-order valence-corrected chi connectivity index (χ1v) is 6.48. The number of H-pyrrole nitrogens is 1. The molecule has 17 heavy (non-hydrogen) atoms. The van der Waals surface area contributed by atoms with E-state index in [1.54, 1.807) is 0 Å². The SMILES string of the molecule is CC(C)C1CCC(c2n[nH]c(CC#N)n2)CC1. The first-order chi connectivity index (χ1) is 8.20. The average Bonchev–Trinajstić information content (AvgIpc) is 2.78. The number of hydrogen-bond donors (Lipinski definition) is 1. The van der Waals surface area contributed by atoms with Gasteiger partial charge in [0.2, 0.25) is 0 Å². The van der Waals surface area contributed by atoms with Crippen LogP contribution in [0.2, 0.25) is 0 Å². The Bertz CT molecular complexity index is 394. The molecule has 1 aliphatic rings. The molecule has 1 fully saturated rings. The van der Waals surface area contributed by atoms with Crippen LogP contribution in [0.3, 0.4) is 0 Å². The molecule has 0 aliphatic heterocycles. The molecule has 1 saturated carbocycles. The third-order valence-corrected chi connectivity index (χ3v) is 3.88. The number of nitrogens with zero attached hydrogens (tertiary/aromatic N) is 3. The molecule has 92 valence electrons. The zero-order valence-electron chi connectivity index (χ0n) is 10.6. The second-order valence-electron chi connectivity index (χ2n) is 5.33. The Morgan fingerprint density at radius 2 is 2.06 bits per heavy atom. The normalized spacial score (nSPS) is 24.8. The fraction of sp³-hybridized carbons (Fsp3) is 0.769. The van der Waals surface area contributed by atoms with Crippen molar-refractivity contribution in [1.82, 2.24) is 15.2 Å². The largest absolute Gasteiger partial charge is 0.262 e. The van der Waals surface area contributed by atoms with Crippen LogP contribution >= 0.6 is 0 Å². The van der Waals surface area contributed by atoms with Gasteiger partial charge in [0, 0.05) is 5.92 Å². The highest BCUT2D eigenvalue weighted by molar-refractivity contribution is 5.02. The van der Waals surface area contributed by atoms with Gasteiger partial charge in [0.1, 0.15) is 5.82 Å². The maximum absolute atomic E-state index is 8.60. The van der Waals surface area contributed by atoms with Crippen molar-refractivity contribution < 1.29 is 0 Å². The van der Waals surface area contributed by atoms with Gasteiger partial charge in [0.15, 0.2) is 5.82 Å². The Hall–Kier alpha value is -1.37. The van der Waals surface area contributed by atoms with E-state index in [0.29, 0.717) is 18.2 Å². The monoisotopic (exact) mass is 232 g/mol. The summed E-state index contributed by atoms with van der Waals surface area (Å²) >= 11 is 0. The maximum Gasteiger partial charge on any atom is 0.153 e. The van der Waals surface area contributed by atoms with Crippen LogP contribution in [0, 0.1) is 23.2 Å². The van der Waals surface area contributed by atoms with Gasteiger partial charge in [-0.2, -0.15) is 10.4 Å². The Morgan fingerprint density at radius 1 is 1.35 bits per heavy atom. The lowest BCUT2D eigenvalue weighted by Crippen LogP contribution is -2.18. The Balaban J connectivity index is 1.94. The highest BCUT2D eigenvalue weighted by atomic mass is 15.2. The topological polar surface area (TPSA) is 65.4 Å². The van der Waals surface area contributed by atoms with E-state index in [4.69, 9.17) is 5.26 Å². The third kappa shape index (κ3) is 2.85. The number of hydrogen-bond acceptors (Lipinski definition) is 3. The van der Waals surface area contributed by atoms with E-state index in [9.17, 15) is 0 Å². The fourth-order valence-corrected chi connectivity index (χ4v) is 2.69. The van der Waals surface area contributed by atoms with Crippen molar-refractivity contribution in [3.05, 3.63) is 11.6 Å². The molecule has 0 aromatic carbocycles. The number of aromatic nitrogens is 3. The molecule has 0 saturated heterocycles. The Labute approximate surface area is 102 Å². The van der Waals surface area contributed by atoms with Crippen molar-refractivity contribution in [3.63, 3.8) is 0 Å². The van der Waals surface area contributed by atoms with Gasteiger partial charge in [0.25, 0.3) is 0 Å². The molecule has 0 amide bonds. The first kappa shape index (κ1) is 12.1. The Kier molecular flexibility index (Phi) is 3.78. The number of rotatable bonds is 3. The van der Waals surface area contributed by atoms with Crippen molar-refractivity contribution in [1.29, 1.82) is 5.26 Å². The molecule has 0 unspecified atom stereocenters. The van der Waals surface area contributed by atoms with Crippen molar-refractivity contribution >= 4 is 0 Å². The summed E-state index contributed by atoms with van der Waals surface area (Å²) in [6, 6.07) is 2.09. The van der Waals surface area contributed by atoms with Gasteiger partial charge in [-0.3, -0.25) is 5.10 Å². The van der Waals surface area contributed by atoms with Gasteiger partial charge in [-0.05, 0) is 37.5 Å². The van der Waals surface area contributed by atoms with Crippen LogP contribution in [0.5, 0.6) is 0 Å². The lowest BCUT2D eigenvalue weighted by atomic mass is 9.77. The van der Waals surface area contributed by atoms with E-state index in [1.165, 1.54) is 25.7 Å². The zero-order chi connectivity index (χ0) is 12.3. The minimum absolute atomic E-state index is 0.328. The Morgan fingerprint density at radius 3 is 2.65 bits per heavy atom. The van der Waals surface area contributed by atoms with Gasteiger partial charge < -0.3 is 0 Å². The summed E-state index contributed by atoms with van der Waals surface area (Å²) in [5.41, 5.74) is 0. The molecule has 4 heteroatoms. The van der Waals surface area contributed by atoms with Crippen molar-refractivity contribution in [2.75, 3.05) is 0 Å². The predicted molar refractivity (Wildman–Crippen MR) is 65.2 cm³/mol. The lowest BCUT2D eigenvalue weighted by molar-refractivity contribution is 0.255. The number of nitriles is 1. The second-order valence-corrected chi connectivity index (χ2v) is 5.33. The standard InChI is InChI=1S/C13H20N4/c1-9(2)10-3-5-11(6-4-10)13-15-12(7-8-14)16-17-13/h9-11H,3-7H2,1-2H3,(H,15,16,17). The number of aromatic amines is 1. The van der Waals surface area contributed by atoms with E-state index in [0.717, 1.165) is 17.7 Å². The summed E-state index contributed by atoms with van der Waals surface area (Å²) in [4.78, 5) is 4.40. The van der Waals surface area contributed by atoms with Crippen molar-refractivity contribution in [2.24, 2.45) is 11.8 Å². The molecule has 0 radical (unpaired) electrons. The molecule has 2 rings (SSSR count). The molecule has 0 spiro atoms. The van der Waals surface area contributed by atoms with Crippen LogP contribution in [0.1, 0.15) is 57.1 Å². The summed E-state index contributed by atoms with van der Waals surface area (Å²) in [7, 11) is 0. The molecule has 1 aromatic heterocycles. The van der Waals surface area contributed by atoms with E-state index in [1.807, 2.05) is 0 Å². The van der Waals surface area contributed by atoms with Gasteiger partial charge in [-0.25, -0.2) is 4.98 Å². The maximum atomic E-state index is 8.60. The van der Waals surface area contributed by atoms with Crippen LogP contribution in [-0.4, -0.2) is 15.2 Å². The van der Waals surface area contributed by atoms with E-state index in [-0.39, 0.29) is 0 Å². The molecule has 1 aromatic rings. The van der Waals surface area contributed by atoms with Crippen molar-refractivity contribution in [3.8, 4) is 6.07 Å². The zero-order valence-corrected chi connectivity index (χ0v) is 10.6. The molecular formula is C13H20N4. The summed E-state index contributed by atoms with van der Waals surface area (Å²) < 4.78 is 0. The van der Waals surface area contributed by atoms with Crippen molar-refractivity contribution in [2.45, 2.75) is 51.9 Å². The molecule has 4 nitrogen and oxygen atoms in total. The second kappa shape index (κ2) is 5.31. The lowest BCUT2D eigenvalue weighted by Gasteiger charge is -2.29. The smallest absolute Gasteiger partial charge is 0.153 e. The summed E-state index contributed by atoms with van der Waals surface area (Å²) in [5, 5.41) is 15.7. The van der Waals surface area contributed by atoms with E-state index in [2.05, 4.69) is 35.1 Å². The predicted octanol–water partition coefficient (Wildman–Crippen LogP) is 2.80. The van der Waals surface area contributed by atoms with Gasteiger partial charge in [0.05, 0.1) is 12.5 Å². The highest BCUT2D eigenvalue weighted by Gasteiger charge is 2.26. The van der Waals surface area contributed by atoms with Crippen LogP contribution < -0.4 is 0 Å². The molecule has 1 aliphatic carbocycles. The van der Waals surface area contributed by atoms with Crippen LogP contribution in [0.4, 0.5) is 0 Å². The third-order valence-electron chi connectivity index (χ3n) is 3.88. The molecular weight excluding hydrogens is 212 g/mol. The quantitative estimate of drug-likeness (QED) is 0.871. The van der Waals surface area contributed by atoms with Crippen LogP contribution in [0.25, 0.3) is 0 Å². The van der Waals surface area contributed by atoms with Gasteiger partial charge in [-0.1, -0.05) is 13.8 Å². The van der Waals surface area contributed by atoms with Crippen LogP contribution in [-0.2, 0) is 6.42 Å². The molecule has 0 bridgehead atoms. The van der Waals surface area contributed by atoms with Gasteiger partial charge >= 0.3 is 0 Å². The number of nitrogens with one attached hydrogen (secondary N) is 1. The minimum atomic E-state index is 0.328. The van der Waals surface area contributed by atoms with Gasteiger partial charge in [-0.15, -0.1) is 0 Å². The minimum Gasteiger partial charge on any atom is -0.262 e. The molecule has 0 atom stereocenters. The molecule has 1 N–H and O–H groups in total. The van der Waals surface area contributed by atoms with E-state index >= 15 is 0 Å². The van der Waals surface area contributed by atoms with Crippen LogP contribution in [0.15, 0.2) is 0 Å². The molecule has 1 heterocycles. The summed E-state index contributed by atoms with van der Waals surface area (Å²) in [5.74, 6) is 3.76. The summed E-state index contributed by atoms with van der Waals surface area (Å²) in [6.07, 6.45) is 5.27. The first-order valence-electron chi connectivity index (χ1n) is 6.48.